The molecule has 0 unspecified atom stereocenters. The maximum absolute atomic E-state index is 10.5. The molecule has 1 aromatic rings. The van der Waals surface area contributed by atoms with Gasteiger partial charge in [-0.05, 0) is 42.2 Å². The van der Waals surface area contributed by atoms with Crippen LogP contribution in [0.2, 0.25) is 18.1 Å². The van der Waals surface area contributed by atoms with Crippen molar-refractivity contribution in [2.75, 3.05) is 14.2 Å². The molecule has 0 aliphatic carbocycles. The third kappa shape index (κ3) is 3.44. The number of benzene rings is 1. The van der Waals surface area contributed by atoms with Crippen molar-refractivity contribution in [1.82, 2.24) is 0 Å². The maximum atomic E-state index is 10.5. The van der Waals surface area contributed by atoms with Crippen LogP contribution in [0.3, 0.4) is 0 Å². The zero-order valence-corrected chi connectivity index (χ0v) is 14.4. The first-order valence-corrected chi connectivity index (χ1v) is 9.70. The number of rotatable bonds is 6. The fourth-order valence-electron chi connectivity index (χ4n) is 1.95. The zero-order valence-electron chi connectivity index (χ0n) is 13.4. The quantitative estimate of drug-likeness (QED) is 0.810. The van der Waals surface area contributed by atoms with E-state index in [0.29, 0.717) is 6.42 Å². The van der Waals surface area contributed by atoms with Crippen LogP contribution in [-0.4, -0.2) is 27.3 Å². The van der Waals surface area contributed by atoms with E-state index < -0.39 is 8.32 Å². The molecule has 1 aromatic carbocycles. The summed E-state index contributed by atoms with van der Waals surface area (Å²) in [4.78, 5) is 10.5. The monoisotopic (exact) mass is 294 g/mol. The SMILES string of the molecule is C=Cc1cc(OC)c(CC(C)(C)[Si](C)(C)O)c(OC)c1. The maximum Gasteiger partial charge on any atom is 0.188 e. The second kappa shape index (κ2) is 6.02. The number of methoxy groups -OCH3 is 2. The molecule has 112 valence electrons. The van der Waals surface area contributed by atoms with Gasteiger partial charge in [0.05, 0.1) is 14.2 Å². The van der Waals surface area contributed by atoms with Crippen LogP contribution in [0.15, 0.2) is 18.7 Å². The van der Waals surface area contributed by atoms with Crippen molar-refractivity contribution in [2.45, 2.75) is 38.4 Å². The summed E-state index contributed by atoms with van der Waals surface area (Å²) < 4.78 is 11.0. The van der Waals surface area contributed by atoms with Gasteiger partial charge in [-0.1, -0.05) is 26.5 Å². The molecule has 0 aliphatic rings. The van der Waals surface area contributed by atoms with Crippen LogP contribution in [0.1, 0.15) is 25.0 Å². The molecule has 20 heavy (non-hydrogen) atoms. The molecule has 1 rings (SSSR count). The Morgan fingerprint density at radius 3 is 1.95 bits per heavy atom. The Bertz CT molecular complexity index is 462. The molecule has 0 atom stereocenters. The highest BCUT2D eigenvalue weighted by Crippen LogP contribution is 2.43. The molecule has 0 bridgehead atoms. The first kappa shape index (κ1) is 16.8. The molecule has 0 saturated heterocycles. The van der Waals surface area contributed by atoms with E-state index >= 15 is 0 Å². The Balaban J connectivity index is 3.33. The Labute approximate surface area is 123 Å². The van der Waals surface area contributed by atoms with E-state index in [-0.39, 0.29) is 5.04 Å². The lowest BCUT2D eigenvalue weighted by Crippen LogP contribution is -2.40. The van der Waals surface area contributed by atoms with Gasteiger partial charge in [0, 0.05) is 5.56 Å². The van der Waals surface area contributed by atoms with Crippen molar-refractivity contribution >= 4 is 14.4 Å². The van der Waals surface area contributed by atoms with Crippen molar-refractivity contribution in [1.29, 1.82) is 0 Å². The third-order valence-electron chi connectivity index (χ3n) is 4.14. The summed E-state index contributed by atoms with van der Waals surface area (Å²) in [6, 6.07) is 3.90. The predicted octanol–water partition coefficient (Wildman–Crippen LogP) is 3.87. The van der Waals surface area contributed by atoms with Gasteiger partial charge in [0.1, 0.15) is 11.5 Å². The fourth-order valence-corrected chi connectivity index (χ4v) is 2.56. The molecule has 0 radical (unpaired) electrons. The Morgan fingerprint density at radius 1 is 1.20 bits per heavy atom. The fraction of sp³-hybridized carbons (Fsp3) is 0.500. The first-order chi connectivity index (χ1) is 9.16. The minimum absolute atomic E-state index is 0.177. The molecule has 0 aromatic heterocycles. The van der Waals surface area contributed by atoms with E-state index in [1.165, 1.54) is 0 Å². The van der Waals surface area contributed by atoms with Gasteiger partial charge in [0.25, 0.3) is 0 Å². The average Bonchev–Trinajstić information content (AvgIpc) is 2.37. The zero-order chi connectivity index (χ0) is 15.6. The Hall–Kier alpha value is -1.26. The summed E-state index contributed by atoms with van der Waals surface area (Å²) in [5, 5.41) is -0.177. The third-order valence-corrected chi connectivity index (χ3v) is 7.63. The average molecular weight is 294 g/mol. The highest BCUT2D eigenvalue weighted by molar-refractivity contribution is 6.72. The van der Waals surface area contributed by atoms with E-state index in [9.17, 15) is 4.80 Å². The highest BCUT2D eigenvalue weighted by atomic mass is 28.4. The van der Waals surface area contributed by atoms with Crippen LogP contribution < -0.4 is 9.47 Å². The number of ether oxygens (including phenoxy) is 2. The van der Waals surface area contributed by atoms with Gasteiger partial charge in [0.15, 0.2) is 8.32 Å². The summed E-state index contributed by atoms with van der Waals surface area (Å²) in [6.07, 6.45) is 2.48. The van der Waals surface area contributed by atoms with Crippen LogP contribution in [0, 0.1) is 0 Å². The molecule has 3 nitrogen and oxygen atoms in total. The molecule has 1 N–H and O–H groups in total. The molecule has 0 saturated carbocycles. The minimum atomic E-state index is -2.29. The smallest absolute Gasteiger partial charge is 0.188 e. The largest absolute Gasteiger partial charge is 0.496 e. The molecule has 0 heterocycles. The molecule has 4 heteroatoms. The molecule has 0 amide bonds. The van der Waals surface area contributed by atoms with Crippen molar-refractivity contribution in [3.63, 3.8) is 0 Å². The van der Waals surface area contributed by atoms with Crippen LogP contribution >= 0.6 is 0 Å². The number of hydrogen-bond acceptors (Lipinski definition) is 3. The van der Waals surface area contributed by atoms with E-state index in [2.05, 4.69) is 20.4 Å². The second-order valence-corrected chi connectivity index (χ2v) is 10.7. The van der Waals surface area contributed by atoms with Crippen LogP contribution in [-0.2, 0) is 6.42 Å². The normalized spacial score (nSPS) is 12.2. The van der Waals surface area contributed by atoms with Crippen LogP contribution in [0.4, 0.5) is 0 Å². The van der Waals surface area contributed by atoms with E-state index in [0.717, 1.165) is 22.6 Å². The van der Waals surface area contributed by atoms with Gasteiger partial charge in [-0.3, -0.25) is 0 Å². The van der Waals surface area contributed by atoms with Crippen LogP contribution in [0.5, 0.6) is 11.5 Å². The summed E-state index contributed by atoms with van der Waals surface area (Å²) in [5.74, 6) is 1.57. The minimum Gasteiger partial charge on any atom is -0.496 e. The molecular formula is C16H26O3Si. The van der Waals surface area contributed by atoms with Crippen molar-refractivity contribution < 1.29 is 14.3 Å². The number of hydrogen-bond donors (Lipinski definition) is 1. The van der Waals surface area contributed by atoms with Crippen molar-refractivity contribution in [2.24, 2.45) is 0 Å². The molecule has 0 fully saturated rings. The first-order valence-electron chi connectivity index (χ1n) is 6.76. The van der Waals surface area contributed by atoms with E-state index in [4.69, 9.17) is 9.47 Å². The lowest BCUT2D eigenvalue weighted by Gasteiger charge is -2.35. The summed E-state index contributed by atoms with van der Waals surface area (Å²) in [6.45, 7) is 11.9. The second-order valence-electron chi connectivity index (χ2n) is 6.23. The van der Waals surface area contributed by atoms with Gasteiger partial charge in [-0.25, -0.2) is 0 Å². The summed E-state index contributed by atoms with van der Waals surface area (Å²) in [5.41, 5.74) is 1.96. The Kier molecular flexibility index (Phi) is 5.05. The van der Waals surface area contributed by atoms with Gasteiger partial charge in [-0.15, -0.1) is 0 Å². The van der Waals surface area contributed by atoms with E-state index in [1.807, 2.05) is 25.2 Å². The molecule has 0 spiro atoms. The van der Waals surface area contributed by atoms with E-state index in [1.54, 1.807) is 20.3 Å². The molecular weight excluding hydrogens is 268 g/mol. The van der Waals surface area contributed by atoms with Gasteiger partial charge < -0.3 is 14.3 Å². The van der Waals surface area contributed by atoms with Gasteiger partial charge in [-0.2, -0.15) is 0 Å². The summed E-state index contributed by atoms with van der Waals surface area (Å²) >= 11 is 0. The summed E-state index contributed by atoms with van der Waals surface area (Å²) in [7, 11) is 1.01. The predicted molar refractivity (Wildman–Crippen MR) is 87.1 cm³/mol. The highest BCUT2D eigenvalue weighted by Gasteiger charge is 2.39. The van der Waals surface area contributed by atoms with Gasteiger partial charge >= 0.3 is 0 Å². The van der Waals surface area contributed by atoms with Crippen molar-refractivity contribution in [3.8, 4) is 11.5 Å². The van der Waals surface area contributed by atoms with Crippen molar-refractivity contribution in [3.05, 3.63) is 29.8 Å². The standard InChI is InChI=1S/C16H26O3Si/c1-8-12-9-14(18-4)13(15(10-12)19-5)11-16(2,3)20(6,7)17/h8-10,17H,1,11H2,2-7H3. The Morgan fingerprint density at radius 2 is 1.65 bits per heavy atom. The van der Waals surface area contributed by atoms with Gasteiger partial charge in [0.2, 0.25) is 0 Å². The lowest BCUT2D eigenvalue weighted by molar-refractivity contribution is 0.377. The van der Waals surface area contributed by atoms with Crippen LogP contribution in [0.25, 0.3) is 6.08 Å². The molecule has 0 aliphatic heterocycles. The topological polar surface area (TPSA) is 38.7 Å². The lowest BCUT2D eigenvalue weighted by atomic mass is 9.98.